The van der Waals surface area contributed by atoms with Gasteiger partial charge in [0.05, 0.1) is 25.4 Å². The monoisotopic (exact) mass is 962 g/mol. The van der Waals surface area contributed by atoms with Crippen molar-refractivity contribution < 1.29 is 39.8 Å². The number of carbonyl (C=O) groups excluding carboxylic acids is 1. The summed E-state index contributed by atoms with van der Waals surface area (Å²) in [6.45, 7) is 3.79. The lowest BCUT2D eigenvalue weighted by Gasteiger charge is -2.40. The van der Waals surface area contributed by atoms with Crippen LogP contribution in [0.5, 0.6) is 0 Å². The van der Waals surface area contributed by atoms with Gasteiger partial charge in [-0.25, -0.2) is 0 Å². The first-order valence-electron chi connectivity index (χ1n) is 29.2. The first-order valence-corrected chi connectivity index (χ1v) is 29.2. The van der Waals surface area contributed by atoms with Crippen molar-refractivity contribution in [2.75, 3.05) is 13.2 Å². The maximum atomic E-state index is 13.1. The predicted molar refractivity (Wildman–Crippen MR) is 286 cm³/mol. The van der Waals surface area contributed by atoms with E-state index >= 15 is 0 Å². The Kier molecular flexibility index (Phi) is 46.4. The van der Waals surface area contributed by atoms with Crippen LogP contribution in [0.4, 0.5) is 0 Å². The fraction of sp³-hybridized carbons (Fsp3) is 0.881. The van der Waals surface area contributed by atoms with Gasteiger partial charge in [-0.15, -0.1) is 0 Å². The van der Waals surface area contributed by atoms with E-state index in [2.05, 4.69) is 43.5 Å². The van der Waals surface area contributed by atoms with E-state index in [1.165, 1.54) is 218 Å². The second-order valence-electron chi connectivity index (χ2n) is 20.4. The van der Waals surface area contributed by atoms with Gasteiger partial charge in [0, 0.05) is 6.42 Å². The van der Waals surface area contributed by atoms with Crippen LogP contribution in [0.1, 0.15) is 277 Å². The zero-order chi connectivity index (χ0) is 49.4. The van der Waals surface area contributed by atoms with E-state index in [0.29, 0.717) is 6.42 Å². The molecular formula is C59H111NO8. The smallest absolute Gasteiger partial charge is 0.220 e. The molecular weight excluding hydrogens is 851 g/mol. The fourth-order valence-electron chi connectivity index (χ4n) is 9.29. The standard InChI is InChI=1S/C59H111NO8/c1-3-5-7-9-11-13-15-17-19-21-23-25-26-27-29-31-33-35-37-39-41-43-45-47-49-55(63)60-52(51-67-59-58(66)57(65)56(64)54(50-61)68-59)53(62)48-46-44-42-40-38-36-34-32-30-28-24-22-20-18-16-14-12-10-8-6-4-2/h27,29,38,40,46,48,52-54,56-59,61-62,64-66H,3-26,28,30-37,39,41-45,47,49-51H2,1-2H3,(H,60,63)/b29-27-,40-38+,48-46+. The van der Waals surface area contributed by atoms with Crippen LogP contribution in [0.3, 0.4) is 0 Å². The lowest BCUT2D eigenvalue weighted by atomic mass is 9.99. The zero-order valence-electron chi connectivity index (χ0n) is 44.4. The highest BCUT2D eigenvalue weighted by Gasteiger charge is 2.44. The van der Waals surface area contributed by atoms with E-state index in [0.717, 1.165) is 38.5 Å². The number of allylic oxidation sites excluding steroid dienone is 5. The molecule has 0 spiro atoms. The van der Waals surface area contributed by atoms with Crippen molar-refractivity contribution in [3.63, 3.8) is 0 Å². The number of nitrogens with one attached hydrogen (secondary N) is 1. The van der Waals surface area contributed by atoms with Crippen LogP contribution in [0.15, 0.2) is 36.5 Å². The van der Waals surface area contributed by atoms with E-state index in [1.807, 2.05) is 6.08 Å². The summed E-state index contributed by atoms with van der Waals surface area (Å²) in [6, 6.07) is -0.823. The molecule has 1 amide bonds. The van der Waals surface area contributed by atoms with E-state index in [1.54, 1.807) is 6.08 Å². The van der Waals surface area contributed by atoms with Gasteiger partial charge in [-0.3, -0.25) is 4.79 Å². The second-order valence-corrected chi connectivity index (χ2v) is 20.4. The van der Waals surface area contributed by atoms with Crippen LogP contribution in [-0.2, 0) is 14.3 Å². The molecule has 1 rings (SSSR count). The molecule has 0 saturated carbocycles. The summed E-state index contributed by atoms with van der Waals surface area (Å²) >= 11 is 0. The van der Waals surface area contributed by atoms with Crippen LogP contribution < -0.4 is 5.32 Å². The predicted octanol–water partition coefficient (Wildman–Crippen LogP) is 14.4. The third-order valence-electron chi connectivity index (χ3n) is 13.9. The van der Waals surface area contributed by atoms with Crippen LogP contribution in [0.25, 0.3) is 0 Å². The van der Waals surface area contributed by atoms with Gasteiger partial charge >= 0.3 is 0 Å². The van der Waals surface area contributed by atoms with Crippen molar-refractivity contribution >= 4 is 5.91 Å². The number of carbonyl (C=O) groups is 1. The summed E-state index contributed by atoms with van der Waals surface area (Å²) in [5, 5.41) is 54.5. The minimum atomic E-state index is -1.57. The molecule has 0 radical (unpaired) electrons. The summed E-state index contributed by atoms with van der Waals surface area (Å²) in [5.74, 6) is -0.187. The summed E-state index contributed by atoms with van der Waals surface area (Å²) in [5.41, 5.74) is 0. The highest BCUT2D eigenvalue weighted by molar-refractivity contribution is 5.76. The lowest BCUT2D eigenvalue weighted by Crippen LogP contribution is -2.60. The number of ether oxygens (including phenoxy) is 2. The molecule has 9 nitrogen and oxygen atoms in total. The number of aliphatic hydroxyl groups is 5. The van der Waals surface area contributed by atoms with Crippen molar-refractivity contribution in [3.05, 3.63) is 36.5 Å². The topological polar surface area (TPSA) is 149 Å². The molecule has 1 saturated heterocycles. The van der Waals surface area contributed by atoms with Gasteiger partial charge in [-0.1, -0.05) is 249 Å². The Morgan fingerprint density at radius 2 is 0.838 bits per heavy atom. The number of hydrogen-bond donors (Lipinski definition) is 6. The van der Waals surface area contributed by atoms with Gasteiger partial charge in [0.1, 0.15) is 24.4 Å². The van der Waals surface area contributed by atoms with Crippen molar-refractivity contribution in [3.8, 4) is 0 Å². The normalized spacial score (nSPS) is 19.8. The Hall–Kier alpha value is -1.59. The summed E-state index contributed by atoms with van der Waals surface area (Å²) in [6.07, 6.45) is 56.4. The van der Waals surface area contributed by atoms with Gasteiger partial charge in [-0.05, 0) is 57.8 Å². The Labute approximate surface area is 419 Å². The molecule has 1 aliphatic rings. The molecule has 400 valence electrons. The molecule has 0 aromatic rings. The first kappa shape index (κ1) is 64.4. The molecule has 0 aromatic carbocycles. The quantitative estimate of drug-likeness (QED) is 0.0261. The molecule has 7 unspecified atom stereocenters. The molecule has 1 fully saturated rings. The van der Waals surface area contributed by atoms with Crippen LogP contribution in [0, 0.1) is 0 Å². The largest absolute Gasteiger partial charge is 0.394 e. The van der Waals surface area contributed by atoms with E-state index in [4.69, 9.17) is 9.47 Å². The maximum absolute atomic E-state index is 13.1. The molecule has 0 aromatic heterocycles. The van der Waals surface area contributed by atoms with Crippen LogP contribution >= 0.6 is 0 Å². The number of aliphatic hydroxyl groups excluding tert-OH is 5. The SMILES string of the molecule is CCCCCCCCCCCCCC/C=C\CCCCCCCCCCC(=O)NC(COC1OC(CO)C(O)C(O)C1O)C(O)/C=C/CC/C=C/CCCCCCCCCCCCCCCCC. The molecule has 0 aliphatic carbocycles. The van der Waals surface area contributed by atoms with Crippen molar-refractivity contribution in [2.45, 2.75) is 320 Å². The maximum Gasteiger partial charge on any atom is 0.220 e. The molecule has 1 aliphatic heterocycles. The minimum absolute atomic E-state index is 0.187. The summed E-state index contributed by atoms with van der Waals surface area (Å²) < 4.78 is 11.3. The van der Waals surface area contributed by atoms with Gasteiger partial charge in [0.15, 0.2) is 6.29 Å². The average molecular weight is 963 g/mol. The molecule has 0 bridgehead atoms. The Morgan fingerprint density at radius 1 is 0.485 bits per heavy atom. The summed E-state index contributed by atoms with van der Waals surface area (Å²) in [7, 11) is 0. The van der Waals surface area contributed by atoms with Crippen LogP contribution in [0.2, 0.25) is 0 Å². The minimum Gasteiger partial charge on any atom is -0.394 e. The number of unbranched alkanes of at least 4 members (excludes halogenated alkanes) is 36. The summed E-state index contributed by atoms with van der Waals surface area (Å²) in [4.78, 5) is 13.1. The number of hydrogen-bond acceptors (Lipinski definition) is 8. The lowest BCUT2D eigenvalue weighted by molar-refractivity contribution is -0.302. The van der Waals surface area contributed by atoms with Gasteiger partial charge in [-0.2, -0.15) is 0 Å². The molecule has 9 heteroatoms. The molecule has 1 heterocycles. The Bertz CT molecular complexity index is 1160. The molecule has 68 heavy (non-hydrogen) atoms. The number of rotatable bonds is 50. The fourth-order valence-corrected chi connectivity index (χ4v) is 9.29. The van der Waals surface area contributed by atoms with Gasteiger partial charge in [0.2, 0.25) is 5.91 Å². The van der Waals surface area contributed by atoms with E-state index < -0.39 is 49.5 Å². The highest BCUT2D eigenvalue weighted by Crippen LogP contribution is 2.23. The third-order valence-corrected chi connectivity index (χ3v) is 13.9. The molecule has 7 atom stereocenters. The average Bonchev–Trinajstić information content (AvgIpc) is 3.34. The zero-order valence-corrected chi connectivity index (χ0v) is 44.4. The van der Waals surface area contributed by atoms with Crippen molar-refractivity contribution in [1.82, 2.24) is 5.32 Å². The van der Waals surface area contributed by atoms with Gasteiger partial charge < -0.3 is 40.3 Å². The van der Waals surface area contributed by atoms with Crippen molar-refractivity contribution in [2.24, 2.45) is 0 Å². The van der Waals surface area contributed by atoms with E-state index in [-0.39, 0.29) is 12.5 Å². The van der Waals surface area contributed by atoms with Crippen LogP contribution in [-0.4, -0.2) is 87.5 Å². The first-order chi connectivity index (χ1) is 33.3. The second kappa shape index (κ2) is 49.0. The highest BCUT2D eigenvalue weighted by atomic mass is 16.7. The molecule has 6 N–H and O–H groups in total. The van der Waals surface area contributed by atoms with E-state index in [9.17, 15) is 30.3 Å². The van der Waals surface area contributed by atoms with Gasteiger partial charge in [0.25, 0.3) is 0 Å². The Morgan fingerprint density at radius 3 is 1.24 bits per heavy atom. The number of amides is 1. The Balaban J connectivity index is 2.25. The van der Waals surface area contributed by atoms with Crippen molar-refractivity contribution in [1.29, 1.82) is 0 Å². The third kappa shape index (κ3) is 38.1.